The summed E-state index contributed by atoms with van der Waals surface area (Å²) in [5, 5.41) is 25.8. The highest BCUT2D eigenvalue weighted by Crippen LogP contribution is 2.20. The lowest BCUT2D eigenvalue weighted by Gasteiger charge is -2.03. The molecule has 7 heteroatoms. The molecule has 98 valence electrons. The lowest BCUT2D eigenvalue weighted by Crippen LogP contribution is -2.12. The third-order valence-corrected chi connectivity index (χ3v) is 3.15. The Hall–Kier alpha value is -2.41. The van der Waals surface area contributed by atoms with E-state index in [1.165, 1.54) is 23.5 Å². The number of benzene rings is 1. The first-order chi connectivity index (χ1) is 9.11. The molecule has 0 aliphatic carbocycles. The molecule has 0 atom stereocenters. The van der Waals surface area contributed by atoms with Gasteiger partial charge in [-0.3, -0.25) is 10.1 Å². The van der Waals surface area contributed by atoms with Crippen molar-refractivity contribution in [2.75, 3.05) is 5.32 Å². The molecule has 1 amide bonds. The average molecular weight is 277 g/mol. The van der Waals surface area contributed by atoms with E-state index in [1.807, 2.05) is 0 Å². The van der Waals surface area contributed by atoms with Crippen molar-refractivity contribution in [1.29, 1.82) is 0 Å². The first kappa shape index (κ1) is 13.0. The number of hydrogen-bond donors (Lipinski definition) is 3. The van der Waals surface area contributed by atoms with Gasteiger partial charge in [-0.2, -0.15) is 0 Å². The average Bonchev–Trinajstić information content (AvgIpc) is 2.86. The van der Waals surface area contributed by atoms with Gasteiger partial charge in [-0.15, -0.1) is 11.3 Å². The number of carbonyl (C=O) groups excluding carboxylic acids is 1. The van der Waals surface area contributed by atoms with Crippen molar-refractivity contribution in [2.45, 2.75) is 6.92 Å². The fourth-order valence-electron chi connectivity index (χ4n) is 1.38. The molecule has 3 N–H and O–H groups in total. The largest absolute Gasteiger partial charge is 0.507 e. The van der Waals surface area contributed by atoms with Crippen LogP contribution in [0.5, 0.6) is 5.75 Å². The highest BCUT2D eigenvalue weighted by Gasteiger charge is 2.13. The lowest BCUT2D eigenvalue weighted by molar-refractivity contribution is 0.102. The van der Waals surface area contributed by atoms with Gasteiger partial charge >= 0.3 is 0 Å². The monoisotopic (exact) mass is 277 g/mol. The highest BCUT2D eigenvalue weighted by atomic mass is 32.1. The van der Waals surface area contributed by atoms with E-state index in [0.29, 0.717) is 16.5 Å². The summed E-state index contributed by atoms with van der Waals surface area (Å²) >= 11 is 1.21. The molecular formula is C12H11N3O3S. The lowest BCUT2D eigenvalue weighted by atomic mass is 10.2. The number of rotatable bonds is 3. The first-order valence-corrected chi connectivity index (χ1v) is 6.23. The zero-order valence-electron chi connectivity index (χ0n) is 9.99. The SMILES string of the molecule is CC(=NO)c1csc(NC(=O)c2ccccc2O)n1. The molecule has 0 fully saturated rings. The summed E-state index contributed by atoms with van der Waals surface area (Å²) in [6, 6.07) is 6.24. The number of carbonyl (C=O) groups is 1. The smallest absolute Gasteiger partial charge is 0.261 e. The maximum Gasteiger partial charge on any atom is 0.261 e. The Morgan fingerprint density at radius 3 is 2.84 bits per heavy atom. The maximum absolute atomic E-state index is 11.9. The van der Waals surface area contributed by atoms with Gasteiger partial charge in [0.1, 0.15) is 17.2 Å². The maximum atomic E-state index is 11.9. The van der Waals surface area contributed by atoms with Crippen LogP contribution in [0.25, 0.3) is 0 Å². The Morgan fingerprint density at radius 2 is 2.16 bits per heavy atom. The quantitative estimate of drug-likeness (QED) is 0.456. The Kier molecular flexibility index (Phi) is 3.76. The summed E-state index contributed by atoms with van der Waals surface area (Å²) in [6.45, 7) is 1.60. The van der Waals surface area contributed by atoms with Crippen molar-refractivity contribution in [1.82, 2.24) is 4.98 Å². The fourth-order valence-corrected chi connectivity index (χ4v) is 2.13. The van der Waals surface area contributed by atoms with Crippen LogP contribution in [0.1, 0.15) is 23.0 Å². The van der Waals surface area contributed by atoms with Gasteiger partial charge in [0.05, 0.1) is 5.56 Å². The molecule has 0 radical (unpaired) electrons. The Bertz CT molecular complexity index is 637. The predicted octanol–water partition coefficient (Wildman–Crippen LogP) is 2.30. The number of thiazole rings is 1. The molecule has 0 unspecified atom stereocenters. The minimum atomic E-state index is -0.447. The minimum Gasteiger partial charge on any atom is -0.507 e. The van der Waals surface area contributed by atoms with Crippen LogP contribution in [0.4, 0.5) is 5.13 Å². The van der Waals surface area contributed by atoms with Crippen molar-refractivity contribution in [3.63, 3.8) is 0 Å². The molecular weight excluding hydrogens is 266 g/mol. The van der Waals surface area contributed by atoms with E-state index in [0.717, 1.165) is 0 Å². The van der Waals surface area contributed by atoms with Gasteiger partial charge in [-0.05, 0) is 19.1 Å². The predicted molar refractivity (Wildman–Crippen MR) is 72.2 cm³/mol. The molecule has 0 bridgehead atoms. The molecule has 1 aromatic heterocycles. The third kappa shape index (κ3) is 2.89. The van der Waals surface area contributed by atoms with Crippen LogP contribution in [0.3, 0.4) is 0 Å². The van der Waals surface area contributed by atoms with Crippen molar-refractivity contribution in [3.05, 3.63) is 40.9 Å². The van der Waals surface area contributed by atoms with Crippen LogP contribution in [0.15, 0.2) is 34.8 Å². The molecule has 1 aromatic carbocycles. The van der Waals surface area contributed by atoms with E-state index in [2.05, 4.69) is 15.5 Å². The van der Waals surface area contributed by atoms with Crippen molar-refractivity contribution in [3.8, 4) is 5.75 Å². The number of hydrogen-bond acceptors (Lipinski definition) is 6. The number of nitrogens with zero attached hydrogens (tertiary/aromatic N) is 2. The second kappa shape index (κ2) is 5.49. The highest BCUT2D eigenvalue weighted by molar-refractivity contribution is 7.14. The van der Waals surface area contributed by atoms with E-state index in [-0.39, 0.29) is 11.3 Å². The second-order valence-corrected chi connectivity index (χ2v) is 4.55. The fraction of sp³-hybridized carbons (Fsp3) is 0.0833. The number of nitrogens with one attached hydrogen (secondary N) is 1. The molecule has 2 rings (SSSR count). The van der Waals surface area contributed by atoms with Gasteiger partial charge in [0, 0.05) is 5.38 Å². The van der Waals surface area contributed by atoms with Gasteiger partial charge in [-0.25, -0.2) is 4.98 Å². The number of para-hydroxylation sites is 1. The van der Waals surface area contributed by atoms with Crippen LogP contribution in [-0.4, -0.2) is 26.9 Å². The number of anilines is 1. The topological polar surface area (TPSA) is 94.8 Å². The van der Waals surface area contributed by atoms with Crippen molar-refractivity contribution >= 4 is 28.1 Å². The zero-order valence-corrected chi connectivity index (χ0v) is 10.8. The molecule has 19 heavy (non-hydrogen) atoms. The normalized spacial score (nSPS) is 11.3. The van der Waals surface area contributed by atoms with Gasteiger partial charge in [0.25, 0.3) is 5.91 Å². The number of phenols is 1. The molecule has 0 saturated carbocycles. The van der Waals surface area contributed by atoms with Crippen molar-refractivity contribution in [2.24, 2.45) is 5.16 Å². The molecule has 2 aromatic rings. The number of aromatic hydroxyl groups is 1. The van der Waals surface area contributed by atoms with E-state index < -0.39 is 5.91 Å². The number of phenolic OH excluding ortho intramolecular Hbond substituents is 1. The number of aromatic nitrogens is 1. The minimum absolute atomic E-state index is 0.0927. The van der Waals surface area contributed by atoms with Gasteiger partial charge < -0.3 is 10.3 Å². The van der Waals surface area contributed by atoms with Gasteiger partial charge in [-0.1, -0.05) is 17.3 Å². The summed E-state index contributed by atoms with van der Waals surface area (Å²) in [4.78, 5) is 16.0. The summed E-state index contributed by atoms with van der Waals surface area (Å²) < 4.78 is 0. The molecule has 0 aliphatic heterocycles. The second-order valence-electron chi connectivity index (χ2n) is 3.69. The summed E-state index contributed by atoms with van der Waals surface area (Å²) in [7, 11) is 0. The van der Waals surface area contributed by atoms with Crippen LogP contribution < -0.4 is 5.32 Å². The summed E-state index contributed by atoms with van der Waals surface area (Å²) in [5.74, 6) is -0.539. The van der Waals surface area contributed by atoms with Crippen LogP contribution in [0, 0.1) is 0 Å². The van der Waals surface area contributed by atoms with Crippen LogP contribution >= 0.6 is 11.3 Å². The summed E-state index contributed by atoms with van der Waals surface area (Å²) in [6.07, 6.45) is 0. The van der Waals surface area contributed by atoms with Crippen LogP contribution in [-0.2, 0) is 0 Å². The summed E-state index contributed by atoms with van der Waals surface area (Å²) in [5.41, 5.74) is 1.02. The standard InChI is InChI=1S/C12H11N3O3S/c1-7(15-18)9-6-19-12(13-9)14-11(17)8-4-2-3-5-10(8)16/h2-6,16,18H,1H3,(H,13,14,17). The van der Waals surface area contributed by atoms with Gasteiger partial charge in [0.2, 0.25) is 0 Å². The molecule has 6 nitrogen and oxygen atoms in total. The Morgan fingerprint density at radius 1 is 1.42 bits per heavy atom. The van der Waals surface area contributed by atoms with E-state index in [9.17, 15) is 9.90 Å². The Balaban J connectivity index is 2.16. The molecule has 0 saturated heterocycles. The van der Waals surface area contributed by atoms with E-state index in [1.54, 1.807) is 24.4 Å². The first-order valence-electron chi connectivity index (χ1n) is 5.35. The van der Waals surface area contributed by atoms with E-state index in [4.69, 9.17) is 5.21 Å². The van der Waals surface area contributed by atoms with Crippen LogP contribution in [0.2, 0.25) is 0 Å². The number of amides is 1. The molecule has 1 heterocycles. The Labute approximate surface area is 113 Å². The third-order valence-electron chi connectivity index (χ3n) is 2.39. The van der Waals surface area contributed by atoms with Crippen molar-refractivity contribution < 1.29 is 15.1 Å². The molecule has 0 aliphatic rings. The zero-order chi connectivity index (χ0) is 13.8. The van der Waals surface area contributed by atoms with Gasteiger partial charge in [0.15, 0.2) is 5.13 Å². The molecule has 0 spiro atoms. The van der Waals surface area contributed by atoms with E-state index >= 15 is 0 Å². The number of oxime groups is 1.